The number of aryl methyl sites for hydroxylation is 1. The molecule has 1 N–H and O–H groups in total. The van der Waals surface area contributed by atoms with Crippen molar-refractivity contribution < 1.29 is 4.79 Å². The summed E-state index contributed by atoms with van der Waals surface area (Å²) in [6.07, 6.45) is 6.82. The van der Waals surface area contributed by atoms with Gasteiger partial charge in [0.2, 0.25) is 5.91 Å². The van der Waals surface area contributed by atoms with Gasteiger partial charge in [-0.25, -0.2) is 4.98 Å². The number of carbonyl (C=O) groups excluding carboxylic acids is 1. The zero-order valence-electron chi connectivity index (χ0n) is 15.0. The fourth-order valence-electron chi connectivity index (χ4n) is 3.75. The maximum atomic E-state index is 12.5. The molecule has 1 saturated heterocycles. The molecule has 0 aliphatic carbocycles. The van der Waals surface area contributed by atoms with E-state index in [4.69, 9.17) is 0 Å². The predicted molar refractivity (Wildman–Crippen MR) is 99.5 cm³/mol. The number of hydrogen-bond acceptors (Lipinski definition) is 3. The van der Waals surface area contributed by atoms with Crippen molar-refractivity contribution in [3.63, 3.8) is 0 Å². The van der Waals surface area contributed by atoms with Gasteiger partial charge in [-0.15, -0.1) is 0 Å². The first-order chi connectivity index (χ1) is 12.2. The minimum absolute atomic E-state index is 0.134. The van der Waals surface area contributed by atoms with E-state index in [-0.39, 0.29) is 11.5 Å². The first-order valence-corrected chi connectivity index (χ1v) is 9.43. The first-order valence-electron chi connectivity index (χ1n) is 9.43. The molecule has 2 aromatic rings. The van der Waals surface area contributed by atoms with E-state index in [0.29, 0.717) is 29.6 Å². The van der Waals surface area contributed by atoms with Crippen molar-refractivity contribution in [3.05, 3.63) is 40.4 Å². The molecule has 5 nitrogen and oxygen atoms in total. The van der Waals surface area contributed by atoms with Crippen LogP contribution in [0.5, 0.6) is 0 Å². The number of hydrogen-bond donors (Lipinski definition) is 1. The van der Waals surface area contributed by atoms with Crippen LogP contribution in [0, 0.1) is 5.92 Å². The van der Waals surface area contributed by atoms with Crippen molar-refractivity contribution in [1.29, 1.82) is 0 Å². The fraction of sp³-hybridized carbons (Fsp3) is 0.550. The third-order valence-corrected chi connectivity index (χ3v) is 5.13. The van der Waals surface area contributed by atoms with Gasteiger partial charge in [0.1, 0.15) is 5.82 Å². The smallest absolute Gasteiger partial charge is 0.258 e. The van der Waals surface area contributed by atoms with E-state index in [0.717, 1.165) is 31.8 Å². The Kier molecular flexibility index (Phi) is 5.84. The van der Waals surface area contributed by atoms with Gasteiger partial charge in [0.15, 0.2) is 0 Å². The molecule has 0 unspecified atom stereocenters. The number of nitrogens with one attached hydrogen (secondary N) is 1. The second-order valence-electron chi connectivity index (χ2n) is 7.00. The molecule has 1 aromatic carbocycles. The van der Waals surface area contributed by atoms with Gasteiger partial charge in [-0.05, 0) is 37.3 Å². The van der Waals surface area contributed by atoms with Crippen LogP contribution in [0.3, 0.4) is 0 Å². The topological polar surface area (TPSA) is 66.1 Å². The molecule has 0 bridgehead atoms. The highest BCUT2D eigenvalue weighted by molar-refractivity contribution is 5.78. The maximum Gasteiger partial charge on any atom is 0.258 e. The summed E-state index contributed by atoms with van der Waals surface area (Å²) in [5.74, 6) is 1.53. The van der Waals surface area contributed by atoms with Gasteiger partial charge in [-0.3, -0.25) is 9.59 Å². The minimum Gasteiger partial charge on any atom is -0.343 e. The highest BCUT2D eigenvalue weighted by Gasteiger charge is 2.20. The van der Waals surface area contributed by atoms with Crippen LogP contribution in [0.2, 0.25) is 0 Å². The highest BCUT2D eigenvalue weighted by Crippen LogP contribution is 2.22. The Balaban J connectivity index is 1.60. The molecule has 1 aliphatic heterocycles. The van der Waals surface area contributed by atoms with Crippen LogP contribution >= 0.6 is 0 Å². The molecule has 1 aliphatic rings. The Morgan fingerprint density at radius 3 is 2.96 bits per heavy atom. The quantitative estimate of drug-likeness (QED) is 0.907. The number of amides is 1. The standard InChI is InChI=1S/C20H27N3O2/c1-2-6-15-7-5-13-23(14-12-15)19(24)11-10-18-21-17-9-4-3-8-16(17)20(25)22-18/h3-4,8-9,15H,2,5-7,10-14H2,1H3,(H,21,22,25)/t15-/m1/s1. The van der Waals surface area contributed by atoms with Crippen LogP contribution in [0.1, 0.15) is 51.3 Å². The van der Waals surface area contributed by atoms with E-state index in [1.54, 1.807) is 6.07 Å². The highest BCUT2D eigenvalue weighted by atomic mass is 16.2. The number of nitrogens with zero attached hydrogens (tertiary/aromatic N) is 2. The van der Waals surface area contributed by atoms with Crippen molar-refractivity contribution in [3.8, 4) is 0 Å². The van der Waals surface area contributed by atoms with Gasteiger partial charge in [0.25, 0.3) is 5.56 Å². The lowest BCUT2D eigenvalue weighted by Crippen LogP contribution is -2.32. The fourth-order valence-corrected chi connectivity index (χ4v) is 3.75. The normalized spacial score (nSPS) is 18.3. The molecule has 5 heteroatoms. The Labute approximate surface area is 148 Å². The summed E-state index contributed by atoms with van der Waals surface area (Å²) in [6.45, 7) is 3.96. The van der Waals surface area contributed by atoms with E-state index in [2.05, 4.69) is 16.9 Å². The summed E-state index contributed by atoms with van der Waals surface area (Å²) in [5.41, 5.74) is 0.552. The maximum absolute atomic E-state index is 12.5. The van der Waals surface area contributed by atoms with Crippen molar-refractivity contribution in [2.75, 3.05) is 13.1 Å². The molecule has 0 radical (unpaired) electrons. The Bertz CT molecular complexity index is 784. The number of benzene rings is 1. The molecule has 1 amide bonds. The molecule has 3 rings (SSSR count). The lowest BCUT2D eigenvalue weighted by atomic mass is 9.96. The van der Waals surface area contributed by atoms with Gasteiger partial charge < -0.3 is 9.88 Å². The average Bonchev–Trinajstić information content (AvgIpc) is 2.86. The molecule has 25 heavy (non-hydrogen) atoms. The van der Waals surface area contributed by atoms with Crippen LogP contribution in [0.25, 0.3) is 10.9 Å². The van der Waals surface area contributed by atoms with E-state index in [9.17, 15) is 9.59 Å². The van der Waals surface area contributed by atoms with Crippen LogP contribution in [-0.2, 0) is 11.2 Å². The summed E-state index contributed by atoms with van der Waals surface area (Å²) in [7, 11) is 0. The molecular weight excluding hydrogens is 314 g/mol. The summed E-state index contributed by atoms with van der Waals surface area (Å²) in [4.78, 5) is 33.9. The van der Waals surface area contributed by atoms with Gasteiger partial charge in [-0.1, -0.05) is 31.9 Å². The van der Waals surface area contributed by atoms with Crippen molar-refractivity contribution >= 4 is 16.8 Å². The molecule has 1 aromatic heterocycles. The van der Waals surface area contributed by atoms with Gasteiger partial charge in [0.05, 0.1) is 10.9 Å². The van der Waals surface area contributed by atoms with E-state index < -0.39 is 0 Å². The molecular formula is C20H27N3O2. The van der Waals surface area contributed by atoms with Gasteiger partial charge in [-0.2, -0.15) is 0 Å². The van der Waals surface area contributed by atoms with E-state index >= 15 is 0 Å². The van der Waals surface area contributed by atoms with Crippen LogP contribution in [0.4, 0.5) is 0 Å². The Morgan fingerprint density at radius 1 is 1.28 bits per heavy atom. The summed E-state index contributed by atoms with van der Waals surface area (Å²) in [5, 5.41) is 0.590. The molecule has 134 valence electrons. The number of carbonyl (C=O) groups is 1. The van der Waals surface area contributed by atoms with Gasteiger partial charge in [0, 0.05) is 25.9 Å². The average molecular weight is 341 g/mol. The van der Waals surface area contributed by atoms with E-state index in [1.165, 1.54) is 19.3 Å². The zero-order valence-corrected chi connectivity index (χ0v) is 15.0. The summed E-state index contributed by atoms with van der Waals surface area (Å²) < 4.78 is 0. The third kappa shape index (κ3) is 4.47. The van der Waals surface area contributed by atoms with Crippen LogP contribution in [-0.4, -0.2) is 33.9 Å². The zero-order chi connectivity index (χ0) is 17.6. The second-order valence-corrected chi connectivity index (χ2v) is 7.00. The number of H-pyrrole nitrogens is 1. The lowest BCUT2D eigenvalue weighted by Gasteiger charge is -2.20. The van der Waals surface area contributed by atoms with Crippen molar-refractivity contribution in [2.24, 2.45) is 5.92 Å². The summed E-state index contributed by atoms with van der Waals surface area (Å²) in [6, 6.07) is 7.29. The number of aromatic amines is 1. The second kappa shape index (κ2) is 8.28. The number of para-hydroxylation sites is 1. The van der Waals surface area contributed by atoms with Crippen molar-refractivity contribution in [2.45, 2.75) is 51.9 Å². The molecule has 2 heterocycles. The van der Waals surface area contributed by atoms with E-state index in [1.807, 2.05) is 23.1 Å². The molecule has 1 fully saturated rings. The Morgan fingerprint density at radius 2 is 2.12 bits per heavy atom. The first kappa shape index (κ1) is 17.6. The number of aromatic nitrogens is 2. The van der Waals surface area contributed by atoms with Crippen LogP contribution in [0.15, 0.2) is 29.1 Å². The number of likely N-dealkylation sites (tertiary alicyclic amines) is 1. The molecule has 1 atom stereocenters. The number of rotatable bonds is 5. The monoisotopic (exact) mass is 341 g/mol. The molecule has 0 saturated carbocycles. The lowest BCUT2D eigenvalue weighted by molar-refractivity contribution is -0.131. The minimum atomic E-state index is -0.134. The van der Waals surface area contributed by atoms with Crippen molar-refractivity contribution in [1.82, 2.24) is 14.9 Å². The number of fused-ring (bicyclic) bond motifs is 1. The molecule has 0 spiro atoms. The van der Waals surface area contributed by atoms with Crippen LogP contribution < -0.4 is 5.56 Å². The summed E-state index contributed by atoms with van der Waals surface area (Å²) >= 11 is 0. The predicted octanol–water partition coefficient (Wildman–Crippen LogP) is 3.28. The van der Waals surface area contributed by atoms with Gasteiger partial charge >= 0.3 is 0 Å². The SMILES string of the molecule is CCC[C@@H]1CCCN(C(=O)CCc2nc3ccccc3c(=O)[nH]2)CC1. The third-order valence-electron chi connectivity index (χ3n) is 5.13. The Hall–Kier alpha value is -2.17. The largest absolute Gasteiger partial charge is 0.343 e.